The number of H-pyrrole nitrogens is 2. The van der Waals surface area contributed by atoms with Gasteiger partial charge in [-0.25, -0.2) is 4.79 Å². The highest BCUT2D eigenvalue weighted by atomic mass is 16.5. The number of rotatable bonds is 2. The molecule has 20 heavy (non-hydrogen) atoms. The molecule has 0 aliphatic heterocycles. The highest BCUT2D eigenvalue weighted by Crippen LogP contribution is 2.22. The molecular formula is C15H14N2O3. The fraction of sp³-hybridized carbons (Fsp3) is 0.200. The first-order valence-electron chi connectivity index (χ1n) is 6.42. The minimum atomic E-state index is -0.517. The molecular weight excluding hydrogens is 256 g/mol. The summed E-state index contributed by atoms with van der Waals surface area (Å²) in [6.07, 6.45) is 0. The van der Waals surface area contributed by atoms with Crippen molar-refractivity contribution >= 4 is 27.8 Å². The van der Waals surface area contributed by atoms with Crippen LogP contribution in [0.15, 0.2) is 29.1 Å². The molecule has 1 aromatic carbocycles. The van der Waals surface area contributed by atoms with Crippen LogP contribution >= 0.6 is 0 Å². The summed E-state index contributed by atoms with van der Waals surface area (Å²) >= 11 is 0. The molecule has 0 aliphatic rings. The molecule has 2 aromatic heterocycles. The quantitative estimate of drug-likeness (QED) is 0.702. The van der Waals surface area contributed by atoms with Gasteiger partial charge in [0.05, 0.1) is 17.5 Å². The molecule has 3 rings (SSSR count). The van der Waals surface area contributed by atoms with Crippen molar-refractivity contribution in [2.75, 3.05) is 6.61 Å². The zero-order valence-electron chi connectivity index (χ0n) is 11.2. The first kappa shape index (κ1) is 12.5. The van der Waals surface area contributed by atoms with Gasteiger partial charge in [-0.2, -0.15) is 0 Å². The summed E-state index contributed by atoms with van der Waals surface area (Å²) in [7, 11) is 0. The predicted octanol–water partition coefficient (Wildman–Crippen LogP) is 2.49. The number of fused-ring (bicyclic) bond motifs is 3. The monoisotopic (exact) mass is 270 g/mol. The van der Waals surface area contributed by atoms with E-state index in [1.807, 2.05) is 19.1 Å². The molecule has 0 fully saturated rings. The number of nitrogens with one attached hydrogen (secondary N) is 2. The molecule has 0 amide bonds. The van der Waals surface area contributed by atoms with Gasteiger partial charge in [-0.05, 0) is 32.0 Å². The predicted molar refractivity (Wildman–Crippen MR) is 77.1 cm³/mol. The lowest BCUT2D eigenvalue weighted by Crippen LogP contribution is -2.12. The summed E-state index contributed by atoms with van der Waals surface area (Å²) in [5.74, 6) is -0.517. The van der Waals surface area contributed by atoms with Crippen LogP contribution in [0, 0.1) is 6.92 Å². The van der Waals surface area contributed by atoms with E-state index < -0.39 is 5.97 Å². The van der Waals surface area contributed by atoms with E-state index in [2.05, 4.69) is 9.97 Å². The average Bonchev–Trinajstić information content (AvgIpc) is 2.78. The van der Waals surface area contributed by atoms with Gasteiger partial charge in [0.25, 0.3) is 0 Å². The Morgan fingerprint density at radius 3 is 2.70 bits per heavy atom. The van der Waals surface area contributed by atoms with Crippen molar-refractivity contribution in [2.45, 2.75) is 13.8 Å². The van der Waals surface area contributed by atoms with Gasteiger partial charge in [0.2, 0.25) is 0 Å². The number of aromatic nitrogens is 2. The van der Waals surface area contributed by atoms with Crippen molar-refractivity contribution in [3.05, 3.63) is 45.9 Å². The number of aromatic amines is 2. The van der Waals surface area contributed by atoms with E-state index in [0.29, 0.717) is 10.9 Å². The van der Waals surface area contributed by atoms with Gasteiger partial charge in [-0.15, -0.1) is 0 Å². The summed E-state index contributed by atoms with van der Waals surface area (Å²) in [6, 6.07) is 6.90. The highest BCUT2D eigenvalue weighted by Gasteiger charge is 2.13. The number of hydrogen-bond donors (Lipinski definition) is 2. The molecule has 2 heterocycles. The molecule has 5 nitrogen and oxygen atoms in total. The van der Waals surface area contributed by atoms with Gasteiger partial charge in [-0.3, -0.25) is 4.79 Å². The normalized spacial score (nSPS) is 11.1. The first-order valence-corrected chi connectivity index (χ1v) is 6.42. The number of carbonyl (C=O) groups is 1. The Balaban J connectivity index is 2.31. The van der Waals surface area contributed by atoms with E-state index in [0.717, 1.165) is 16.6 Å². The van der Waals surface area contributed by atoms with Crippen LogP contribution < -0.4 is 5.43 Å². The molecule has 0 radical (unpaired) electrons. The molecule has 102 valence electrons. The van der Waals surface area contributed by atoms with Gasteiger partial charge in [0.15, 0.2) is 5.43 Å². The first-order chi connectivity index (χ1) is 9.60. The maximum absolute atomic E-state index is 12.3. The van der Waals surface area contributed by atoms with Gasteiger partial charge in [-0.1, -0.05) is 0 Å². The topological polar surface area (TPSA) is 75.0 Å². The fourth-order valence-corrected chi connectivity index (χ4v) is 2.42. The molecule has 3 aromatic rings. The van der Waals surface area contributed by atoms with E-state index >= 15 is 0 Å². The third kappa shape index (κ3) is 1.87. The maximum atomic E-state index is 12.3. The Bertz CT molecular complexity index is 874. The largest absolute Gasteiger partial charge is 0.461 e. The second-order valence-corrected chi connectivity index (χ2v) is 4.67. The molecule has 5 heteroatoms. The standard InChI is InChI=1S/C15H14N2O3/c1-3-20-15(19)12-7-13(18)14-9-6-8(2)16-10(9)4-5-11(14)17-12/h4-7,16H,3H2,1-2H3,(H,17,18). The third-order valence-corrected chi connectivity index (χ3v) is 3.22. The van der Waals surface area contributed by atoms with Gasteiger partial charge < -0.3 is 14.7 Å². The Hall–Kier alpha value is -2.56. The van der Waals surface area contributed by atoms with Crippen molar-refractivity contribution in [3.63, 3.8) is 0 Å². The number of benzene rings is 1. The molecule has 0 aliphatic carbocycles. The Kier molecular flexibility index (Phi) is 2.82. The second kappa shape index (κ2) is 4.52. The van der Waals surface area contributed by atoms with Crippen molar-refractivity contribution < 1.29 is 9.53 Å². The van der Waals surface area contributed by atoms with Crippen molar-refractivity contribution in [3.8, 4) is 0 Å². The Morgan fingerprint density at radius 1 is 1.20 bits per heavy atom. The Labute approximate surface area is 114 Å². The molecule has 0 atom stereocenters. The highest BCUT2D eigenvalue weighted by molar-refractivity contribution is 6.06. The molecule has 0 spiro atoms. The molecule has 0 unspecified atom stereocenters. The molecule has 0 bridgehead atoms. The number of pyridine rings is 1. The summed E-state index contributed by atoms with van der Waals surface area (Å²) in [4.78, 5) is 30.2. The number of esters is 1. The maximum Gasteiger partial charge on any atom is 0.354 e. The van der Waals surface area contributed by atoms with Crippen LogP contribution in [-0.4, -0.2) is 22.5 Å². The van der Waals surface area contributed by atoms with Gasteiger partial charge >= 0.3 is 5.97 Å². The lowest BCUT2D eigenvalue weighted by Gasteiger charge is -2.04. The number of aryl methyl sites for hydroxylation is 1. The number of carbonyl (C=O) groups excluding carboxylic acids is 1. The minimum absolute atomic E-state index is 0.177. The summed E-state index contributed by atoms with van der Waals surface area (Å²) < 4.78 is 4.91. The van der Waals surface area contributed by atoms with Crippen LogP contribution in [0.4, 0.5) is 0 Å². The zero-order chi connectivity index (χ0) is 14.3. The second-order valence-electron chi connectivity index (χ2n) is 4.67. The van der Waals surface area contributed by atoms with Crippen LogP contribution in [0.25, 0.3) is 21.8 Å². The van der Waals surface area contributed by atoms with E-state index in [9.17, 15) is 9.59 Å². The lowest BCUT2D eigenvalue weighted by molar-refractivity contribution is 0.0520. The average molecular weight is 270 g/mol. The number of ether oxygens (including phenoxy) is 1. The van der Waals surface area contributed by atoms with E-state index in [-0.39, 0.29) is 17.7 Å². The summed E-state index contributed by atoms with van der Waals surface area (Å²) in [6.45, 7) is 3.94. The molecule has 0 saturated carbocycles. The van der Waals surface area contributed by atoms with Crippen molar-refractivity contribution in [1.82, 2.24) is 9.97 Å². The van der Waals surface area contributed by atoms with Crippen molar-refractivity contribution in [1.29, 1.82) is 0 Å². The lowest BCUT2D eigenvalue weighted by atomic mass is 10.1. The smallest absolute Gasteiger partial charge is 0.354 e. The van der Waals surface area contributed by atoms with Crippen LogP contribution in [0.1, 0.15) is 23.1 Å². The van der Waals surface area contributed by atoms with Crippen molar-refractivity contribution in [2.24, 2.45) is 0 Å². The van der Waals surface area contributed by atoms with E-state index in [4.69, 9.17) is 4.74 Å². The van der Waals surface area contributed by atoms with E-state index in [1.165, 1.54) is 6.07 Å². The molecule has 2 N–H and O–H groups in total. The SMILES string of the molecule is CCOC(=O)c1cc(=O)c2c(ccc3[nH]c(C)cc32)[nH]1. The van der Waals surface area contributed by atoms with Crippen LogP contribution in [0.3, 0.4) is 0 Å². The Morgan fingerprint density at radius 2 is 1.95 bits per heavy atom. The minimum Gasteiger partial charge on any atom is -0.461 e. The van der Waals surface area contributed by atoms with Crippen LogP contribution in [0.2, 0.25) is 0 Å². The zero-order valence-corrected chi connectivity index (χ0v) is 11.2. The summed E-state index contributed by atoms with van der Waals surface area (Å²) in [5.41, 5.74) is 2.51. The number of hydrogen-bond acceptors (Lipinski definition) is 3. The van der Waals surface area contributed by atoms with Gasteiger partial charge in [0.1, 0.15) is 5.69 Å². The van der Waals surface area contributed by atoms with Crippen LogP contribution in [-0.2, 0) is 4.74 Å². The van der Waals surface area contributed by atoms with Gasteiger partial charge in [0, 0.05) is 22.7 Å². The molecule has 0 saturated heterocycles. The van der Waals surface area contributed by atoms with E-state index in [1.54, 1.807) is 13.0 Å². The third-order valence-electron chi connectivity index (χ3n) is 3.22. The fourth-order valence-electron chi connectivity index (χ4n) is 2.42. The van der Waals surface area contributed by atoms with Crippen LogP contribution in [0.5, 0.6) is 0 Å². The summed E-state index contributed by atoms with van der Waals surface area (Å²) in [5, 5.41) is 1.44.